The summed E-state index contributed by atoms with van der Waals surface area (Å²) in [5, 5.41) is 0. The van der Waals surface area contributed by atoms with Crippen LogP contribution in [0.3, 0.4) is 0 Å². The highest BCUT2D eigenvalue weighted by molar-refractivity contribution is 6.08. The molecule has 0 saturated heterocycles. The first-order valence-corrected chi connectivity index (χ1v) is 7.89. The molecule has 23 heavy (non-hydrogen) atoms. The van der Waals surface area contributed by atoms with Crippen LogP contribution in [0, 0.1) is 5.41 Å². The Kier molecular flexibility index (Phi) is 5.48. The van der Waals surface area contributed by atoms with Crippen molar-refractivity contribution < 1.29 is 19.1 Å². The van der Waals surface area contributed by atoms with Crippen molar-refractivity contribution in [2.45, 2.75) is 39.0 Å². The first kappa shape index (κ1) is 17.1. The van der Waals surface area contributed by atoms with Crippen molar-refractivity contribution in [2.24, 2.45) is 5.41 Å². The fourth-order valence-electron chi connectivity index (χ4n) is 2.81. The van der Waals surface area contributed by atoms with Crippen LogP contribution < -0.4 is 4.74 Å². The lowest BCUT2D eigenvalue weighted by atomic mass is 9.71. The number of carbonyl (C=O) groups excluding carboxylic acids is 3. The monoisotopic (exact) mass is 314 g/mol. The molecule has 0 bridgehead atoms. The average molecular weight is 314 g/mol. The number of hydrogen-bond acceptors (Lipinski definition) is 4. The van der Waals surface area contributed by atoms with Gasteiger partial charge in [-0.1, -0.05) is 6.08 Å². The van der Waals surface area contributed by atoms with Crippen LogP contribution in [0.1, 0.15) is 49.4 Å². The topological polar surface area (TPSA) is 60.4 Å². The molecule has 0 aromatic heterocycles. The van der Waals surface area contributed by atoms with Crippen LogP contribution in [0.2, 0.25) is 0 Å². The Labute approximate surface area is 136 Å². The Morgan fingerprint density at radius 1 is 1.17 bits per heavy atom. The number of benzene rings is 1. The van der Waals surface area contributed by atoms with E-state index in [-0.39, 0.29) is 17.3 Å². The van der Waals surface area contributed by atoms with Crippen molar-refractivity contribution in [2.75, 3.05) is 7.11 Å². The van der Waals surface area contributed by atoms with Gasteiger partial charge in [0.05, 0.1) is 12.5 Å². The summed E-state index contributed by atoms with van der Waals surface area (Å²) < 4.78 is 5.05. The van der Waals surface area contributed by atoms with Gasteiger partial charge in [0.15, 0.2) is 5.78 Å². The maximum atomic E-state index is 12.0. The third-order valence-electron chi connectivity index (χ3n) is 4.49. The Morgan fingerprint density at radius 2 is 1.78 bits per heavy atom. The van der Waals surface area contributed by atoms with Crippen LogP contribution in [0.15, 0.2) is 36.4 Å². The van der Waals surface area contributed by atoms with Gasteiger partial charge >= 0.3 is 0 Å². The van der Waals surface area contributed by atoms with E-state index in [4.69, 9.17) is 4.74 Å². The summed E-state index contributed by atoms with van der Waals surface area (Å²) in [6, 6.07) is 6.89. The third kappa shape index (κ3) is 3.95. The lowest BCUT2D eigenvalue weighted by Gasteiger charge is -2.29. The Bertz CT molecular complexity index is 609. The summed E-state index contributed by atoms with van der Waals surface area (Å²) >= 11 is 0. The zero-order chi connectivity index (χ0) is 16.9. The van der Waals surface area contributed by atoms with Gasteiger partial charge < -0.3 is 4.74 Å². The second-order valence-corrected chi connectivity index (χ2v) is 6.07. The van der Waals surface area contributed by atoms with Crippen LogP contribution in [-0.2, 0) is 9.59 Å². The first-order valence-electron chi connectivity index (χ1n) is 7.89. The predicted molar refractivity (Wildman–Crippen MR) is 87.7 cm³/mol. The molecule has 0 unspecified atom stereocenters. The van der Waals surface area contributed by atoms with Gasteiger partial charge in [-0.3, -0.25) is 14.4 Å². The van der Waals surface area contributed by atoms with E-state index in [1.165, 1.54) is 6.08 Å². The highest BCUT2D eigenvalue weighted by Crippen LogP contribution is 2.34. The largest absolute Gasteiger partial charge is 0.497 e. The number of rotatable bonds is 6. The number of methoxy groups -OCH3 is 1. The fourth-order valence-corrected chi connectivity index (χ4v) is 2.81. The number of ether oxygens (including phenoxy) is 1. The number of allylic oxidation sites excluding steroid dienone is 2. The summed E-state index contributed by atoms with van der Waals surface area (Å²) in [7, 11) is 1.57. The molecule has 122 valence electrons. The van der Waals surface area contributed by atoms with E-state index in [0.29, 0.717) is 43.4 Å². The van der Waals surface area contributed by atoms with Gasteiger partial charge in [-0.05, 0) is 56.5 Å². The van der Waals surface area contributed by atoms with Gasteiger partial charge in [-0.25, -0.2) is 0 Å². The molecule has 1 aromatic rings. The van der Waals surface area contributed by atoms with E-state index in [1.54, 1.807) is 44.4 Å². The van der Waals surface area contributed by atoms with Gasteiger partial charge in [0.25, 0.3) is 0 Å². The van der Waals surface area contributed by atoms with Crippen LogP contribution in [-0.4, -0.2) is 24.5 Å². The van der Waals surface area contributed by atoms with Crippen molar-refractivity contribution in [3.8, 4) is 5.75 Å². The lowest BCUT2D eigenvalue weighted by molar-refractivity contribution is -0.143. The Morgan fingerprint density at radius 3 is 2.35 bits per heavy atom. The first-order chi connectivity index (χ1) is 11.0. The molecule has 0 N–H and O–H groups in total. The molecule has 0 amide bonds. The molecule has 0 spiro atoms. The van der Waals surface area contributed by atoms with Crippen LogP contribution in [0.5, 0.6) is 5.75 Å². The third-order valence-corrected chi connectivity index (χ3v) is 4.49. The van der Waals surface area contributed by atoms with E-state index in [1.807, 2.05) is 0 Å². The fraction of sp³-hybridized carbons (Fsp3) is 0.421. The van der Waals surface area contributed by atoms with E-state index in [2.05, 4.69) is 0 Å². The number of hydrogen-bond donors (Lipinski definition) is 0. The van der Waals surface area contributed by atoms with E-state index < -0.39 is 5.41 Å². The summed E-state index contributed by atoms with van der Waals surface area (Å²) in [6.45, 7) is 1.73. The number of carbonyl (C=O) groups is 3. The molecule has 0 heterocycles. The maximum absolute atomic E-state index is 12.0. The molecule has 1 fully saturated rings. The van der Waals surface area contributed by atoms with Crippen LogP contribution in [0.25, 0.3) is 0 Å². The molecule has 1 saturated carbocycles. The standard InChI is InChI=1S/C19H22O4/c1-19(17(21)7-5-8-18(19)22)13-4-3-6-16(20)14-9-11-15(23-2)12-10-14/h3,6,9-12H,4-5,7-8,13H2,1-2H3/b6-3+. The summed E-state index contributed by atoms with van der Waals surface area (Å²) in [5.41, 5.74) is -0.288. The number of ketones is 3. The molecule has 4 nitrogen and oxygen atoms in total. The zero-order valence-corrected chi connectivity index (χ0v) is 13.6. The lowest BCUT2D eigenvalue weighted by Crippen LogP contribution is -2.39. The zero-order valence-electron chi connectivity index (χ0n) is 13.6. The minimum atomic E-state index is -0.869. The van der Waals surface area contributed by atoms with Crippen molar-refractivity contribution in [1.82, 2.24) is 0 Å². The molecule has 4 heteroatoms. The molecule has 0 radical (unpaired) electrons. The van der Waals surface area contributed by atoms with E-state index in [0.717, 1.165) is 0 Å². The average Bonchev–Trinajstić information content (AvgIpc) is 2.56. The van der Waals surface area contributed by atoms with E-state index in [9.17, 15) is 14.4 Å². The maximum Gasteiger partial charge on any atom is 0.185 e. The minimum absolute atomic E-state index is 0.0311. The quantitative estimate of drug-likeness (QED) is 0.458. The van der Waals surface area contributed by atoms with Gasteiger partial charge in [0.2, 0.25) is 0 Å². The van der Waals surface area contributed by atoms with Crippen molar-refractivity contribution in [3.63, 3.8) is 0 Å². The molecule has 2 rings (SSSR count). The van der Waals surface area contributed by atoms with Crippen LogP contribution >= 0.6 is 0 Å². The van der Waals surface area contributed by atoms with Crippen molar-refractivity contribution in [1.29, 1.82) is 0 Å². The number of Topliss-reactive ketones (excluding diaryl/α,β-unsaturated/α-hetero) is 2. The summed E-state index contributed by atoms with van der Waals surface area (Å²) in [6.07, 6.45) is 5.88. The molecular weight excluding hydrogens is 292 g/mol. The molecular formula is C19H22O4. The molecule has 1 aliphatic rings. The van der Waals surface area contributed by atoms with Crippen molar-refractivity contribution in [3.05, 3.63) is 42.0 Å². The molecule has 1 aromatic carbocycles. The Balaban J connectivity index is 1.91. The summed E-state index contributed by atoms with van der Waals surface area (Å²) in [5.74, 6) is 0.666. The van der Waals surface area contributed by atoms with Crippen molar-refractivity contribution >= 4 is 17.3 Å². The van der Waals surface area contributed by atoms with E-state index >= 15 is 0 Å². The van der Waals surface area contributed by atoms with Gasteiger partial charge in [-0.15, -0.1) is 0 Å². The van der Waals surface area contributed by atoms with Gasteiger partial charge in [0, 0.05) is 18.4 Å². The minimum Gasteiger partial charge on any atom is -0.497 e. The summed E-state index contributed by atoms with van der Waals surface area (Å²) in [4.78, 5) is 36.1. The normalized spacial score (nSPS) is 17.5. The highest BCUT2D eigenvalue weighted by Gasteiger charge is 2.41. The second kappa shape index (κ2) is 7.36. The molecule has 0 aliphatic heterocycles. The smallest absolute Gasteiger partial charge is 0.185 e. The molecule has 0 atom stereocenters. The predicted octanol–water partition coefficient (Wildman–Crippen LogP) is 3.54. The van der Waals surface area contributed by atoms with Gasteiger partial charge in [0.1, 0.15) is 17.3 Å². The molecule has 1 aliphatic carbocycles. The van der Waals surface area contributed by atoms with Gasteiger partial charge in [-0.2, -0.15) is 0 Å². The SMILES string of the molecule is COc1ccc(C(=O)/C=C/CCC2(C)C(=O)CCCC2=O)cc1. The second-order valence-electron chi connectivity index (χ2n) is 6.07. The Hall–Kier alpha value is -2.23. The van der Waals surface area contributed by atoms with Crippen LogP contribution in [0.4, 0.5) is 0 Å². The highest BCUT2D eigenvalue weighted by atomic mass is 16.5.